The Morgan fingerprint density at radius 3 is 2.53 bits per heavy atom. The molecule has 1 aliphatic heterocycles. The van der Waals surface area contributed by atoms with E-state index in [1.54, 1.807) is 7.05 Å². The predicted octanol–water partition coefficient (Wildman–Crippen LogP) is 2.50. The lowest BCUT2D eigenvalue weighted by molar-refractivity contribution is 0.312. The van der Waals surface area contributed by atoms with E-state index in [2.05, 4.69) is 50.4 Å². The molecule has 0 bridgehead atoms. The van der Waals surface area contributed by atoms with Gasteiger partial charge in [-0.15, -0.1) is 24.0 Å². The summed E-state index contributed by atoms with van der Waals surface area (Å²) in [6.07, 6.45) is 1.89. The third-order valence-electron chi connectivity index (χ3n) is 5.00. The first-order valence-corrected chi connectivity index (χ1v) is 10.2. The number of guanidine groups is 1. The number of nitrogens with zero attached hydrogens (tertiary/aromatic N) is 4. The molecule has 164 valence electrons. The van der Waals surface area contributed by atoms with Gasteiger partial charge >= 0.3 is 0 Å². The van der Waals surface area contributed by atoms with Gasteiger partial charge in [-0.25, -0.2) is 4.98 Å². The molecule has 0 saturated carbocycles. The number of rotatable bonds is 7. The molecule has 1 fully saturated rings. The molecule has 0 aliphatic carbocycles. The summed E-state index contributed by atoms with van der Waals surface area (Å²) in [4.78, 5) is 13.5. The fourth-order valence-corrected chi connectivity index (χ4v) is 3.16. The van der Waals surface area contributed by atoms with Crippen LogP contribution >= 0.6 is 24.0 Å². The highest BCUT2D eigenvalue weighted by atomic mass is 127. The molecular formula is C22H33IN6O. The van der Waals surface area contributed by atoms with E-state index in [0.29, 0.717) is 19.7 Å². The minimum atomic E-state index is 0. The number of aliphatic imine (C=N–C) groups is 1. The van der Waals surface area contributed by atoms with Crippen LogP contribution in [0.5, 0.6) is 5.75 Å². The van der Waals surface area contributed by atoms with Gasteiger partial charge in [0.15, 0.2) is 5.96 Å². The van der Waals surface area contributed by atoms with Crippen molar-refractivity contribution in [2.45, 2.75) is 13.5 Å². The molecule has 2 aromatic rings. The summed E-state index contributed by atoms with van der Waals surface area (Å²) < 4.78 is 5.75. The van der Waals surface area contributed by atoms with Gasteiger partial charge in [0.2, 0.25) is 0 Å². The number of ether oxygens (including phenoxy) is 1. The van der Waals surface area contributed by atoms with Crippen LogP contribution < -0.4 is 20.3 Å². The van der Waals surface area contributed by atoms with Crippen molar-refractivity contribution in [3.05, 3.63) is 53.7 Å². The van der Waals surface area contributed by atoms with E-state index in [4.69, 9.17) is 4.74 Å². The Morgan fingerprint density at radius 1 is 1.10 bits per heavy atom. The van der Waals surface area contributed by atoms with Crippen molar-refractivity contribution >= 4 is 35.8 Å². The van der Waals surface area contributed by atoms with E-state index in [1.807, 2.05) is 36.5 Å². The molecule has 0 radical (unpaired) electrons. The maximum Gasteiger partial charge on any atom is 0.191 e. The normalized spacial score (nSPS) is 14.8. The number of anilines is 1. The third-order valence-corrected chi connectivity index (χ3v) is 5.00. The summed E-state index contributed by atoms with van der Waals surface area (Å²) in [5.74, 6) is 2.69. The van der Waals surface area contributed by atoms with E-state index in [-0.39, 0.29) is 24.0 Å². The molecule has 3 rings (SSSR count). The van der Waals surface area contributed by atoms with Crippen LogP contribution in [0.4, 0.5) is 5.82 Å². The van der Waals surface area contributed by atoms with Crippen LogP contribution in [-0.2, 0) is 6.54 Å². The number of aromatic nitrogens is 1. The highest BCUT2D eigenvalue weighted by Crippen LogP contribution is 2.14. The Morgan fingerprint density at radius 2 is 1.83 bits per heavy atom. The van der Waals surface area contributed by atoms with Crippen LogP contribution in [0.1, 0.15) is 11.1 Å². The van der Waals surface area contributed by atoms with Gasteiger partial charge in [0, 0.05) is 46.0 Å². The zero-order valence-electron chi connectivity index (χ0n) is 18.1. The first kappa shape index (κ1) is 24.2. The maximum atomic E-state index is 5.75. The number of nitrogens with one attached hydrogen (secondary N) is 2. The minimum Gasteiger partial charge on any atom is -0.492 e. The molecule has 0 unspecified atom stereocenters. The van der Waals surface area contributed by atoms with E-state index >= 15 is 0 Å². The molecule has 1 aromatic heterocycles. The van der Waals surface area contributed by atoms with Gasteiger partial charge in [0.1, 0.15) is 18.2 Å². The van der Waals surface area contributed by atoms with Gasteiger partial charge in [0.05, 0.1) is 6.54 Å². The fraction of sp³-hybridized carbons (Fsp3) is 0.455. The molecule has 7 nitrogen and oxygen atoms in total. The Bertz CT molecular complexity index is 790. The van der Waals surface area contributed by atoms with Gasteiger partial charge in [0.25, 0.3) is 0 Å². The number of likely N-dealkylation sites (N-methyl/N-ethyl adjacent to an activating group) is 1. The average Bonchev–Trinajstić information content (AvgIpc) is 2.75. The SMILES string of the molecule is CN=C(NCCOc1ccc(C)cc1)NCc1ccnc(N2CCN(C)CC2)c1.I. The summed E-state index contributed by atoms with van der Waals surface area (Å²) in [5.41, 5.74) is 2.42. The van der Waals surface area contributed by atoms with Crippen molar-refractivity contribution in [3.8, 4) is 5.75 Å². The maximum absolute atomic E-state index is 5.75. The van der Waals surface area contributed by atoms with Gasteiger partial charge < -0.3 is 25.2 Å². The van der Waals surface area contributed by atoms with Crippen LogP contribution in [0, 0.1) is 6.92 Å². The molecule has 1 aromatic carbocycles. The smallest absolute Gasteiger partial charge is 0.191 e. The molecule has 1 saturated heterocycles. The molecule has 1 aliphatic rings. The van der Waals surface area contributed by atoms with Crippen molar-refractivity contribution < 1.29 is 4.74 Å². The van der Waals surface area contributed by atoms with Crippen LogP contribution in [0.2, 0.25) is 0 Å². The Hall–Kier alpha value is -2.07. The molecule has 0 amide bonds. The van der Waals surface area contributed by atoms with Crippen molar-refractivity contribution in [2.24, 2.45) is 4.99 Å². The van der Waals surface area contributed by atoms with Crippen molar-refractivity contribution in [2.75, 3.05) is 58.3 Å². The van der Waals surface area contributed by atoms with Gasteiger partial charge in [-0.2, -0.15) is 0 Å². The highest BCUT2D eigenvalue weighted by molar-refractivity contribution is 14.0. The number of aryl methyl sites for hydroxylation is 1. The lowest BCUT2D eigenvalue weighted by atomic mass is 10.2. The zero-order valence-corrected chi connectivity index (χ0v) is 20.4. The summed E-state index contributed by atoms with van der Waals surface area (Å²) in [6.45, 7) is 8.20. The van der Waals surface area contributed by atoms with Crippen LogP contribution in [0.25, 0.3) is 0 Å². The first-order chi connectivity index (χ1) is 14.1. The summed E-state index contributed by atoms with van der Waals surface area (Å²) in [7, 11) is 3.94. The second-order valence-electron chi connectivity index (χ2n) is 7.33. The van der Waals surface area contributed by atoms with Crippen LogP contribution in [-0.4, -0.2) is 69.3 Å². The summed E-state index contributed by atoms with van der Waals surface area (Å²) in [5, 5.41) is 6.64. The lowest BCUT2D eigenvalue weighted by Gasteiger charge is -2.33. The molecule has 2 N–H and O–H groups in total. The molecule has 2 heterocycles. The minimum absolute atomic E-state index is 0. The van der Waals surface area contributed by atoms with E-state index in [9.17, 15) is 0 Å². The first-order valence-electron chi connectivity index (χ1n) is 10.2. The Kier molecular flexibility index (Phi) is 10.2. The standard InChI is InChI=1S/C22H32N6O.HI/c1-18-4-6-20(7-5-18)29-15-10-25-22(23-2)26-17-19-8-9-24-21(16-19)28-13-11-27(3)12-14-28;/h4-9,16H,10-15,17H2,1-3H3,(H2,23,25,26);1H. The predicted molar refractivity (Wildman–Crippen MR) is 134 cm³/mol. The van der Waals surface area contributed by atoms with Crippen molar-refractivity contribution in [1.82, 2.24) is 20.5 Å². The highest BCUT2D eigenvalue weighted by Gasteiger charge is 2.15. The van der Waals surface area contributed by atoms with Gasteiger partial charge in [-0.1, -0.05) is 17.7 Å². The summed E-state index contributed by atoms with van der Waals surface area (Å²) >= 11 is 0. The Labute approximate surface area is 196 Å². The van der Waals surface area contributed by atoms with Crippen LogP contribution in [0.3, 0.4) is 0 Å². The monoisotopic (exact) mass is 524 g/mol. The fourth-order valence-electron chi connectivity index (χ4n) is 3.16. The number of pyridine rings is 1. The van der Waals surface area contributed by atoms with Gasteiger partial charge in [-0.3, -0.25) is 4.99 Å². The Balaban J connectivity index is 0.00000320. The van der Waals surface area contributed by atoms with E-state index in [1.165, 1.54) is 11.1 Å². The quantitative estimate of drug-likeness (QED) is 0.251. The second kappa shape index (κ2) is 12.6. The van der Waals surface area contributed by atoms with E-state index in [0.717, 1.165) is 43.7 Å². The lowest BCUT2D eigenvalue weighted by Crippen LogP contribution is -2.44. The van der Waals surface area contributed by atoms with E-state index < -0.39 is 0 Å². The molecule has 0 spiro atoms. The average molecular weight is 524 g/mol. The van der Waals surface area contributed by atoms with Crippen molar-refractivity contribution in [1.29, 1.82) is 0 Å². The largest absolute Gasteiger partial charge is 0.492 e. The third kappa shape index (κ3) is 7.64. The zero-order chi connectivity index (χ0) is 20.5. The number of piperazine rings is 1. The topological polar surface area (TPSA) is 65.0 Å². The van der Waals surface area contributed by atoms with Crippen LogP contribution in [0.15, 0.2) is 47.6 Å². The molecule has 30 heavy (non-hydrogen) atoms. The second-order valence-corrected chi connectivity index (χ2v) is 7.33. The molecular weight excluding hydrogens is 491 g/mol. The summed E-state index contributed by atoms with van der Waals surface area (Å²) in [6, 6.07) is 12.3. The number of halogens is 1. The van der Waals surface area contributed by atoms with Crippen molar-refractivity contribution in [3.63, 3.8) is 0 Å². The molecule has 8 heteroatoms. The van der Waals surface area contributed by atoms with Gasteiger partial charge in [-0.05, 0) is 43.8 Å². The number of hydrogen-bond acceptors (Lipinski definition) is 5. The number of hydrogen-bond donors (Lipinski definition) is 2. The number of benzene rings is 1. The molecule has 0 atom stereocenters.